The molecule has 8 nitrogen and oxygen atoms in total. The standard InChI is InChI=1S/C31H30ClN3O5S/c1-23-11-14-28(15-12-23)41(37,38)35(20-26-9-6-10-27(32)17-26)21-31(36)34-33-19-25-13-16-29(30(18-25)39-2)40-22-24-7-4-3-5-8-24/h3-19H,20-22H2,1-2H3,(H,34,36)/b33-19-. The molecule has 4 rings (SSSR count). The molecule has 41 heavy (non-hydrogen) atoms. The lowest BCUT2D eigenvalue weighted by Crippen LogP contribution is -2.39. The van der Waals surface area contributed by atoms with Gasteiger partial charge in [0, 0.05) is 11.6 Å². The molecule has 0 aliphatic rings. The van der Waals surface area contributed by atoms with Crippen molar-refractivity contribution in [1.29, 1.82) is 0 Å². The molecule has 0 heterocycles. The van der Waals surface area contributed by atoms with Crippen LogP contribution >= 0.6 is 11.6 Å². The Balaban J connectivity index is 1.44. The Morgan fingerprint density at radius 1 is 0.927 bits per heavy atom. The van der Waals surface area contributed by atoms with Crippen LogP contribution in [-0.2, 0) is 28.0 Å². The molecule has 0 radical (unpaired) electrons. The minimum absolute atomic E-state index is 0.0461. The normalized spacial score (nSPS) is 11.5. The summed E-state index contributed by atoms with van der Waals surface area (Å²) in [6.45, 7) is 1.76. The molecule has 1 amide bonds. The van der Waals surface area contributed by atoms with Crippen molar-refractivity contribution in [2.45, 2.75) is 25.0 Å². The number of halogens is 1. The second kappa shape index (κ2) is 13.9. The highest BCUT2D eigenvalue weighted by Gasteiger charge is 2.27. The van der Waals surface area contributed by atoms with E-state index in [4.69, 9.17) is 21.1 Å². The maximum Gasteiger partial charge on any atom is 0.255 e. The SMILES string of the molecule is COc1cc(/C=N\NC(=O)CN(Cc2cccc(Cl)c2)S(=O)(=O)c2ccc(C)cc2)ccc1OCc1ccccc1. The number of benzene rings is 4. The van der Waals surface area contributed by atoms with Gasteiger partial charge in [0.05, 0.1) is 24.8 Å². The van der Waals surface area contributed by atoms with Gasteiger partial charge in [-0.2, -0.15) is 9.41 Å². The number of aryl methyl sites for hydroxylation is 1. The van der Waals surface area contributed by atoms with Gasteiger partial charge in [-0.3, -0.25) is 4.79 Å². The molecule has 0 saturated heterocycles. The molecular weight excluding hydrogens is 562 g/mol. The fraction of sp³-hybridized carbons (Fsp3) is 0.161. The predicted octanol–water partition coefficient (Wildman–Crippen LogP) is 5.58. The third-order valence-electron chi connectivity index (χ3n) is 6.05. The minimum atomic E-state index is -3.99. The van der Waals surface area contributed by atoms with Crippen LogP contribution in [0.4, 0.5) is 0 Å². The molecule has 0 aliphatic carbocycles. The van der Waals surface area contributed by atoms with Gasteiger partial charge < -0.3 is 9.47 Å². The van der Waals surface area contributed by atoms with E-state index in [1.165, 1.54) is 25.5 Å². The second-order valence-electron chi connectivity index (χ2n) is 9.19. The Morgan fingerprint density at radius 2 is 1.66 bits per heavy atom. The zero-order chi connectivity index (χ0) is 29.2. The van der Waals surface area contributed by atoms with Crippen LogP contribution < -0.4 is 14.9 Å². The number of carbonyl (C=O) groups excluding carboxylic acids is 1. The molecule has 0 spiro atoms. The molecule has 4 aromatic rings. The van der Waals surface area contributed by atoms with Gasteiger partial charge >= 0.3 is 0 Å². The molecule has 0 aromatic heterocycles. The summed E-state index contributed by atoms with van der Waals surface area (Å²) in [5.41, 5.74) is 5.66. The zero-order valence-corrected chi connectivity index (χ0v) is 24.2. The molecule has 1 N–H and O–H groups in total. The average Bonchev–Trinajstić information content (AvgIpc) is 2.97. The van der Waals surface area contributed by atoms with Gasteiger partial charge in [0.2, 0.25) is 10.0 Å². The summed E-state index contributed by atoms with van der Waals surface area (Å²) in [6.07, 6.45) is 1.44. The van der Waals surface area contributed by atoms with Gasteiger partial charge in [0.1, 0.15) is 6.61 Å². The number of rotatable bonds is 12. The molecule has 10 heteroatoms. The van der Waals surface area contributed by atoms with E-state index in [0.29, 0.717) is 34.3 Å². The van der Waals surface area contributed by atoms with Crippen molar-refractivity contribution in [2.75, 3.05) is 13.7 Å². The first-order valence-electron chi connectivity index (χ1n) is 12.7. The summed E-state index contributed by atoms with van der Waals surface area (Å²) in [5, 5.41) is 4.49. The van der Waals surface area contributed by atoms with E-state index in [-0.39, 0.29) is 11.4 Å². The zero-order valence-electron chi connectivity index (χ0n) is 22.7. The number of carbonyl (C=O) groups is 1. The van der Waals surface area contributed by atoms with Crippen LogP contribution in [0.2, 0.25) is 5.02 Å². The summed E-state index contributed by atoms with van der Waals surface area (Å²) in [4.78, 5) is 12.9. The Bertz CT molecular complexity index is 1610. The smallest absolute Gasteiger partial charge is 0.255 e. The van der Waals surface area contributed by atoms with Gasteiger partial charge in [-0.1, -0.05) is 71.8 Å². The number of methoxy groups -OCH3 is 1. The van der Waals surface area contributed by atoms with E-state index in [1.807, 2.05) is 37.3 Å². The maximum atomic E-state index is 13.5. The highest BCUT2D eigenvalue weighted by molar-refractivity contribution is 7.89. The quantitative estimate of drug-likeness (QED) is 0.171. The van der Waals surface area contributed by atoms with Crippen LogP contribution in [0.15, 0.2) is 107 Å². The number of hydrogen-bond donors (Lipinski definition) is 1. The largest absolute Gasteiger partial charge is 0.493 e. The van der Waals surface area contributed by atoms with Crippen LogP contribution in [-0.4, -0.2) is 38.5 Å². The number of ether oxygens (including phenoxy) is 2. The van der Waals surface area contributed by atoms with E-state index in [1.54, 1.807) is 54.6 Å². The molecule has 4 aromatic carbocycles. The second-order valence-corrected chi connectivity index (χ2v) is 11.6. The van der Waals surface area contributed by atoms with E-state index >= 15 is 0 Å². The van der Waals surface area contributed by atoms with Gasteiger partial charge in [0.25, 0.3) is 5.91 Å². The van der Waals surface area contributed by atoms with E-state index in [0.717, 1.165) is 15.4 Å². The van der Waals surface area contributed by atoms with Crippen LogP contribution in [0.5, 0.6) is 11.5 Å². The summed E-state index contributed by atoms with van der Waals surface area (Å²) in [6, 6.07) is 28.3. The summed E-state index contributed by atoms with van der Waals surface area (Å²) in [7, 11) is -2.46. The highest BCUT2D eigenvalue weighted by atomic mass is 35.5. The molecule has 0 fully saturated rings. The first kappa shape index (κ1) is 29.8. The number of hydrazone groups is 1. The molecule has 0 atom stereocenters. The Labute approximate surface area is 245 Å². The monoisotopic (exact) mass is 591 g/mol. The van der Waals surface area contributed by atoms with Crippen molar-refractivity contribution in [2.24, 2.45) is 5.10 Å². The van der Waals surface area contributed by atoms with Crippen LogP contribution in [0.1, 0.15) is 22.3 Å². The molecular formula is C31H30ClN3O5S. The number of nitrogens with one attached hydrogen (secondary N) is 1. The predicted molar refractivity (Wildman–Crippen MR) is 160 cm³/mol. The highest BCUT2D eigenvalue weighted by Crippen LogP contribution is 2.28. The fourth-order valence-electron chi connectivity index (χ4n) is 3.92. The Kier molecular flexibility index (Phi) is 10.1. The van der Waals surface area contributed by atoms with Crippen LogP contribution in [0.25, 0.3) is 0 Å². The maximum absolute atomic E-state index is 13.5. The summed E-state index contributed by atoms with van der Waals surface area (Å²) in [5.74, 6) is 0.470. The van der Waals surface area contributed by atoms with Crippen LogP contribution in [0.3, 0.4) is 0 Å². The number of amides is 1. The van der Waals surface area contributed by atoms with Crippen molar-refractivity contribution in [1.82, 2.24) is 9.73 Å². The van der Waals surface area contributed by atoms with Crippen molar-refractivity contribution >= 4 is 33.7 Å². The van der Waals surface area contributed by atoms with Gasteiger partial charge in [-0.25, -0.2) is 13.8 Å². The lowest BCUT2D eigenvalue weighted by atomic mass is 10.2. The minimum Gasteiger partial charge on any atom is -0.493 e. The fourth-order valence-corrected chi connectivity index (χ4v) is 5.51. The average molecular weight is 592 g/mol. The first-order valence-corrected chi connectivity index (χ1v) is 14.5. The first-order chi connectivity index (χ1) is 19.7. The van der Waals surface area contributed by atoms with Crippen molar-refractivity contribution in [3.05, 3.63) is 124 Å². The van der Waals surface area contributed by atoms with Crippen molar-refractivity contribution in [3.63, 3.8) is 0 Å². The van der Waals surface area contributed by atoms with E-state index < -0.39 is 22.5 Å². The summed E-state index contributed by atoms with van der Waals surface area (Å²) < 4.78 is 39.3. The molecule has 0 bridgehead atoms. The van der Waals surface area contributed by atoms with Crippen molar-refractivity contribution < 1.29 is 22.7 Å². The van der Waals surface area contributed by atoms with Crippen molar-refractivity contribution in [3.8, 4) is 11.5 Å². The van der Waals surface area contributed by atoms with E-state index in [2.05, 4.69) is 10.5 Å². The topological polar surface area (TPSA) is 97.3 Å². The molecule has 0 aliphatic heterocycles. The Hall–Kier alpha value is -4.18. The molecule has 212 valence electrons. The summed E-state index contributed by atoms with van der Waals surface area (Å²) >= 11 is 6.10. The third kappa shape index (κ3) is 8.40. The Morgan fingerprint density at radius 3 is 2.37 bits per heavy atom. The number of hydrogen-bond acceptors (Lipinski definition) is 6. The van der Waals surface area contributed by atoms with Gasteiger partial charge in [-0.05, 0) is 66.1 Å². The molecule has 0 unspecified atom stereocenters. The lowest BCUT2D eigenvalue weighted by molar-refractivity contribution is -0.121. The van der Waals surface area contributed by atoms with Gasteiger partial charge in [-0.15, -0.1) is 0 Å². The van der Waals surface area contributed by atoms with Crippen LogP contribution in [0, 0.1) is 6.92 Å². The number of sulfonamides is 1. The number of nitrogens with zero attached hydrogens (tertiary/aromatic N) is 2. The van der Waals surface area contributed by atoms with E-state index in [9.17, 15) is 13.2 Å². The third-order valence-corrected chi connectivity index (χ3v) is 8.10. The van der Waals surface area contributed by atoms with Gasteiger partial charge in [0.15, 0.2) is 11.5 Å². The lowest BCUT2D eigenvalue weighted by Gasteiger charge is -2.21. The molecule has 0 saturated carbocycles.